The summed E-state index contributed by atoms with van der Waals surface area (Å²) >= 11 is 0. The van der Waals surface area contributed by atoms with E-state index in [1.54, 1.807) is 13.0 Å². The van der Waals surface area contributed by atoms with E-state index in [0.29, 0.717) is 11.1 Å². The van der Waals surface area contributed by atoms with Crippen molar-refractivity contribution in [3.63, 3.8) is 0 Å². The van der Waals surface area contributed by atoms with E-state index < -0.39 is 18.0 Å². The number of hydrogen-bond acceptors (Lipinski definition) is 6. The molecule has 0 saturated carbocycles. The van der Waals surface area contributed by atoms with Gasteiger partial charge >= 0.3 is 11.9 Å². The van der Waals surface area contributed by atoms with Crippen molar-refractivity contribution in [3.8, 4) is 6.07 Å². The van der Waals surface area contributed by atoms with Gasteiger partial charge in [0, 0.05) is 11.1 Å². The smallest absolute Gasteiger partial charge is 0.333 e. The minimum absolute atomic E-state index is 0.0181. The first-order chi connectivity index (χ1) is 11.8. The quantitative estimate of drug-likeness (QED) is 0.233. The molecule has 0 saturated heterocycles. The van der Waals surface area contributed by atoms with Crippen molar-refractivity contribution >= 4 is 11.9 Å². The van der Waals surface area contributed by atoms with E-state index in [4.69, 9.17) is 14.2 Å². The van der Waals surface area contributed by atoms with Gasteiger partial charge in [-0.15, -0.1) is 0 Å². The Morgan fingerprint density at radius 3 is 2.24 bits per heavy atom. The second-order valence-corrected chi connectivity index (χ2v) is 5.57. The maximum absolute atomic E-state index is 11.6. The minimum atomic E-state index is -0.714. The molecule has 0 aromatic rings. The molecular formula is C19H27NO5. The third kappa shape index (κ3) is 10.2. The van der Waals surface area contributed by atoms with E-state index in [9.17, 15) is 14.9 Å². The number of nitrogens with zero attached hydrogens (tertiary/aromatic N) is 1. The fraction of sp³-hybridized carbons (Fsp3) is 0.526. The second-order valence-electron chi connectivity index (χ2n) is 5.57. The molecule has 0 aliphatic carbocycles. The summed E-state index contributed by atoms with van der Waals surface area (Å²) in [6.07, 6.45) is 3.75. The minimum Gasteiger partial charge on any atom is -0.460 e. The average molecular weight is 349 g/mol. The van der Waals surface area contributed by atoms with Crippen molar-refractivity contribution in [2.45, 2.75) is 46.1 Å². The Hall–Kier alpha value is -2.39. The SMILES string of the molecule is C=C(C)C(=O)OCCOC(COC(=O)C(=C)C)C(C#N)=CCCCC. The van der Waals surface area contributed by atoms with Crippen LogP contribution in [0.25, 0.3) is 0 Å². The van der Waals surface area contributed by atoms with Gasteiger partial charge < -0.3 is 14.2 Å². The van der Waals surface area contributed by atoms with Crippen molar-refractivity contribution < 1.29 is 23.8 Å². The molecule has 138 valence electrons. The Labute approximate surface area is 149 Å². The summed E-state index contributed by atoms with van der Waals surface area (Å²) < 4.78 is 15.6. The van der Waals surface area contributed by atoms with Crippen LogP contribution in [0.3, 0.4) is 0 Å². The number of hydrogen-bond donors (Lipinski definition) is 0. The normalized spacial score (nSPS) is 12.0. The van der Waals surface area contributed by atoms with E-state index in [0.717, 1.165) is 19.3 Å². The highest BCUT2D eigenvalue weighted by Gasteiger charge is 2.18. The molecule has 6 nitrogen and oxygen atoms in total. The van der Waals surface area contributed by atoms with Crippen molar-refractivity contribution in [1.82, 2.24) is 0 Å². The van der Waals surface area contributed by atoms with Crippen LogP contribution in [-0.4, -0.2) is 37.9 Å². The number of ether oxygens (including phenoxy) is 3. The van der Waals surface area contributed by atoms with Crippen LogP contribution in [0.5, 0.6) is 0 Å². The highest BCUT2D eigenvalue weighted by Crippen LogP contribution is 2.11. The molecule has 0 fully saturated rings. The molecule has 0 aliphatic rings. The maximum Gasteiger partial charge on any atom is 0.333 e. The molecule has 0 amide bonds. The van der Waals surface area contributed by atoms with Gasteiger partial charge in [-0.1, -0.05) is 39.0 Å². The van der Waals surface area contributed by atoms with Gasteiger partial charge in [-0.05, 0) is 20.3 Å². The lowest BCUT2D eigenvalue weighted by Crippen LogP contribution is -2.26. The van der Waals surface area contributed by atoms with Gasteiger partial charge in [0.15, 0.2) is 0 Å². The molecule has 0 heterocycles. The van der Waals surface area contributed by atoms with Crippen LogP contribution in [0.4, 0.5) is 0 Å². The standard InChI is InChI=1S/C19H27NO5/c1-6-7-8-9-16(12-20)17(13-25-19(22)15(4)5)23-10-11-24-18(21)14(2)3/h9,17H,2,4,6-8,10-11,13H2,1,3,5H3. The van der Waals surface area contributed by atoms with Crippen molar-refractivity contribution in [2.24, 2.45) is 0 Å². The summed E-state index contributed by atoms with van der Waals surface area (Å²) in [5, 5.41) is 9.33. The lowest BCUT2D eigenvalue weighted by molar-refractivity contribution is -0.144. The third-order valence-corrected chi connectivity index (χ3v) is 3.10. The Morgan fingerprint density at radius 1 is 1.12 bits per heavy atom. The molecule has 25 heavy (non-hydrogen) atoms. The van der Waals surface area contributed by atoms with Gasteiger partial charge in [0.2, 0.25) is 0 Å². The van der Waals surface area contributed by atoms with E-state index in [1.165, 1.54) is 6.92 Å². The first kappa shape index (κ1) is 22.6. The lowest BCUT2D eigenvalue weighted by Gasteiger charge is -2.17. The lowest BCUT2D eigenvalue weighted by atomic mass is 10.1. The number of esters is 2. The van der Waals surface area contributed by atoms with Crippen LogP contribution < -0.4 is 0 Å². The molecule has 0 aliphatic heterocycles. The molecule has 0 N–H and O–H groups in total. The molecule has 0 rings (SSSR count). The van der Waals surface area contributed by atoms with Crippen LogP contribution in [-0.2, 0) is 23.8 Å². The molecule has 1 unspecified atom stereocenters. The molecule has 0 radical (unpaired) electrons. The van der Waals surface area contributed by atoms with Crippen molar-refractivity contribution in [2.75, 3.05) is 19.8 Å². The topological polar surface area (TPSA) is 85.6 Å². The molecular weight excluding hydrogens is 322 g/mol. The monoisotopic (exact) mass is 349 g/mol. The van der Waals surface area contributed by atoms with Crippen LogP contribution in [0.15, 0.2) is 36.0 Å². The van der Waals surface area contributed by atoms with Gasteiger partial charge in [-0.2, -0.15) is 5.26 Å². The predicted molar refractivity (Wildman–Crippen MR) is 94.5 cm³/mol. The molecule has 1 atom stereocenters. The highest BCUT2D eigenvalue weighted by atomic mass is 16.6. The van der Waals surface area contributed by atoms with Gasteiger partial charge in [0.1, 0.15) is 19.3 Å². The zero-order valence-corrected chi connectivity index (χ0v) is 15.3. The fourth-order valence-electron chi connectivity index (χ4n) is 1.66. The first-order valence-corrected chi connectivity index (χ1v) is 8.20. The van der Waals surface area contributed by atoms with Crippen LogP contribution in [0, 0.1) is 11.3 Å². The summed E-state index contributed by atoms with van der Waals surface area (Å²) in [6, 6.07) is 2.08. The second kappa shape index (κ2) is 13.0. The van der Waals surface area contributed by atoms with Crippen LogP contribution in [0.2, 0.25) is 0 Å². The van der Waals surface area contributed by atoms with Gasteiger partial charge in [-0.25, -0.2) is 9.59 Å². The van der Waals surface area contributed by atoms with Crippen molar-refractivity contribution in [1.29, 1.82) is 5.26 Å². The Kier molecular flexibility index (Phi) is 11.7. The number of rotatable bonds is 12. The van der Waals surface area contributed by atoms with E-state index in [-0.39, 0.29) is 25.4 Å². The van der Waals surface area contributed by atoms with E-state index in [1.807, 2.05) is 0 Å². The number of nitriles is 1. The maximum atomic E-state index is 11.6. The summed E-state index contributed by atoms with van der Waals surface area (Å²) in [5.74, 6) is -1.05. The Bertz CT molecular complexity index is 557. The number of unbranched alkanes of at least 4 members (excludes halogenated alkanes) is 2. The summed E-state index contributed by atoms with van der Waals surface area (Å²) in [5.41, 5.74) is 0.945. The highest BCUT2D eigenvalue weighted by molar-refractivity contribution is 5.87. The average Bonchev–Trinajstić information content (AvgIpc) is 2.57. The fourth-order valence-corrected chi connectivity index (χ4v) is 1.66. The summed E-state index contributed by atoms with van der Waals surface area (Å²) in [4.78, 5) is 22.9. The van der Waals surface area contributed by atoms with Crippen molar-refractivity contribution in [3.05, 3.63) is 36.0 Å². The predicted octanol–water partition coefficient (Wildman–Crippen LogP) is 3.25. The number of allylic oxidation sites excluding steroid dienone is 1. The number of carbonyl (C=O) groups is 2. The zero-order valence-electron chi connectivity index (χ0n) is 15.3. The molecule has 6 heteroatoms. The largest absolute Gasteiger partial charge is 0.460 e. The number of carbonyl (C=O) groups excluding carboxylic acids is 2. The van der Waals surface area contributed by atoms with Crippen LogP contribution >= 0.6 is 0 Å². The third-order valence-electron chi connectivity index (χ3n) is 3.10. The van der Waals surface area contributed by atoms with Gasteiger partial charge in [0.25, 0.3) is 0 Å². The molecule has 0 spiro atoms. The Morgan fingerprint density at radius 2 is 1.72 bits per heavy atom. The zero-order chi connectivity index (χ0) is 19.2. The molecule has 0 aromatic carbocycles. The molecule has 0 bridgehead atoms. The van der Waals surface area contributed by atoms with E-state index in [2.05, 4.69) is 26.2 Å². The first-order valence-electron chi connectivity index (χ1n) is 8.20. The van der Waals surface area contributed by atoms with E-state index >= 15 is 0 Å². The van der Waals surface area contributed by atoms with Gasteiger partial charge in [-0.3, -0.25) is 0 Å². The van der Waals surface area contributed by atoms with Crippen LogP contribution in [0.1, 0.15) is 40.0 Å². The molecule has 0 aromatic heterocycles. The summed E-state index contributed by atoms with van der Waals surface area (Å²) in [7, 11) is 0. The Balaban J connectivity index is 4.76. The summed E-state index contributed by atoms with van der Waals surface area (Å²) in [6.45, 7) is 12.1. The van der Waals surface area contributed by atoms with Gasteiger partial charge in [0.05, 0.1) is 18.2 Å².